The van der Waals surface area contributed by atoms with Gasteiger partial charge in [0.05, 0.1) is 12.0 Å². The fourth-order valence-corrected chi connectivity index (χ4v) is 4.39. The number of hydrogen-bond donors (Lipinski definition) is 0. The predicted octanol–water partition coefficient (Wildman–Crippen LogP) is 5.00. The molecule has 1 aliphatic heterocycles. The lowest BCUT2D eigenvalue weighted by molar-refractivity contribution is -0.162. The molecule has 1 saturated carbocycles. The zero-order valence-electron chi connectivity index (χ0n) is 16.8. The number of benzene rings is 2. The van der Waals surface area contributed by atoms with Gasteiger partial charge in [-0.05, 0) is 62.9 Å². The summed E-state index contributed by atoms with van der Waals surface area (Å²) in [4.78, 5) is 27.6. The Morgan fingerprint density at radius 1 is 1.00 bits per heavy atom. The van der Waals surface area contributed by atoms with E-state index in [0.29, 0.717) is 6.54 Å². The Morgan fingerprint density at radius 2 is 1.64 bits per heavy atom. The van der Waals surface area contributed by atoms with E-state index in [0.717, 1.165) is 48.1 Å². The van der Waals surface area contributed by atoms with Crippen molar-refractivity contribution < 1.29 is 14.3 Å². The van der Waals surface area contributed by atoms with Crippen LogP contribution in [-0.2, 0) is 21.5 Å². The molecule has 4 rings (SSSR count). The number of fused-ring (bicyclic) bond motifs is 1. The molecule has 146 valence electrons. The van der Waals surface area contributed by atoms with Crippen molar-refractivity contribution in [1.29, 1.82) is 0 Å². The molecule has 1 fully saturated rings. The molecule has 0 saturated heterocycles. The average Bonchev–Trinajstić information content (AvgIpc) is 3.27. The number of nitrogens with zero attached hydrogens (tertiary/aromatic N) is 1. The summed E-state index contributed by atoms with van der Waals surface area (Å²) in [6.45, 7) is 6.32. The molecule has 1 heterocycles. The lowest BCUT2D eigenvalue weighted by Crippen LogP contribution is -2.39. The van der Waals surface area contributed by atoms with E-state index >= 15 is 0 Å². The van der Waals surface area contributed by atoms with Crippen LogP contribution < -0.4 is 4.90 Å². The van der Waals surface area contributed by atoms with Crippen LogP contribution in [0.2, 0.25) is 0 Å². The predicted molar refractivity (Wildman–Crippen MR) is 109 cm³/mol. The topological polar surface area (TPSA) is 46.6 Å². The Labute approximate surface area is 166 Å². The quantitative estimate of drug-likeness (QED) is 0.707. The summed E-state index contributed by atoms with van der Waals surface area (Å²) < 4.78 is 5.77. The van der Waals surface area contributed by atoms with Crippen molar-refractivity contribution in [3.8, 4) is 0 Å². The van der Waals surface area contributed by atoms with Crippen molar-refractivity contribution in [2.75, 3.05) is 4.90 Å². The molecule has 2 aromatic rings. The Balaban J connectivity index is 1.61. The molecule has 1 aliphatic carbocycles. The lowest BCUT2D eigenvalue weighted by atomic mass is 9.78. The number of anilines is 1. The summed E-state index contributed by atoms with van der Waals surface area (Å²) in [5.74, 6) is -0.0963. The van der Waals surface area contributed by atoms with Gasteiger partial charge < -0.3 is 9.64 Å². The number of esters is 1. The van der Waals surface area contributed by atoms with E-state index in [-0.39, 0.29) is 11.9 Å². The molecule has 4 heteroatoms. The van der Waals surface area contributed by atoms with Crippen LogP contribution in [0.3, 0.4) is 0 Å². The third kappa shape index (κ3) is 3.21. The van der Waals surface area contributed by atoms with E-state index in [9.17, 15) is 9.59 Å². The van der Waals surface area contributed by atoms with Gasteiger partial charge in [0.1, 0.15) is 5.60 Å². The molecule has 1 amide bonds. The van der Waals surface area contributed by atoms with Crippen molar-refractivity contribution in [3.63, 3.8) is 0 Å². The van der Waals surface area contributed by atoms with Gasteiger partial charge in [-0.1, -0.05) is 43.2 Å². The van der Waals surface area contributed by atoms with Crippen LogP contribution in [0.25, 0.3) is 0 Å². The highest BCUT2D eigenvalue weighted by Crippen LogP contribution is 2.43. The van der Waals surface area contributed by atoms with Crippen LogP contribution in [0.4, 0.5) is 5.69 Å². The van der Waals surface area contributed by atoms with Crippen LogP contribution in [0, 0.1) is 0 Å². The van der Waals surface area contributed by atoms with Crippen LogP contribution >= 0.6 is 0 Å². The summed E-state index contributed by atoms with van der Waals surface area (Å²) in [6, 6.07) is 15.7. The molecule has 0 radical (unpaired) electrons. The summed E-state index contributed by atoms with van der Waals surface area (Å²) in [7, 11) is 0. The highest BCUT2D eigenvalue weighted by atomic mass is 16.6. The first kappa shape index (κ1) is 18.7. The van der Waals surface area contributed by atoms with Crippen molar-refractivity contribution in [2.24, 2.45) is 0 Å². The third-order valence-electron chi connectivity index (χ3n) is 5.80. The fraction of sp³-hybridized carbons (Fsp3) is 0.417. The Morgan fingerprint density at radius 3 is 2.25 bits per heavy atom. The Bertz CT molecular complexity index is 902. The van der Waals surface area contributed by atoms with Crippen molar-refractivity contribution in [1.82, 2.24) is 0 Å². The van der Waals surface area contributed by atoms with E-state index in [1.54, 1.807) is 4.90 Å². The molecule has 0 spiro atoms. The maximum atomic E-state index is 13.0. The lowest BCUT2D eigenvalue weighted by Gasteiger charge is -2.32. The van der Waals surface area contributed by atoms with Crippen LogP contribution in [0.15, 0.2) is 48.5 Å². The summed E-state index contributed by atoms with van der Waals surface area (Å²) >= 11 is 0. The zero-order chi connectivity index (χ0) is 19.9. The first-order valence-electron chi connectivity index (χ1n) is 10.0. The highest BCUT2D eigenvalue weighted by Gasteiger charge is 2.45. The number of carbonyl (C=O) groups excluding carboxylic acids is 2. The van der Waals surface area contributed by atoms with Gasteiger partial charge in [0.2, 0.25) is 0 Å². The van der Waals surface area contributed by atoms with Crippen LogP contribution in [0.1, 0.15) is 67.9 Å². The van der Waals surface area contributed by atoms with Gasteiger partial charge in [-0.25, -0.2) is 0 Å². The van der Waals surface area contributed by atoms with Crippen molar-refractivity contribution in [2.45, 2.75) is 64.0 Å². The second-order valence-electron chi connectivity index (χ2n) is 8.89. The number of amides is 1. The molecule has 0 aromatic heterocycles. The zero-order valence-corrected chi connectivity index (χ0v) is 16.8. The first-order valence-corrected chi connectivity index (χ1v) is 10.0. The minimum atomic E-state index is -0.566. The Hall–Kier alpha value is -2.62. The van der Waals surface area contributed by atoms with Crippen molar-refractivity contribution >= 4 is 17.6 Å². The van der Waals surface area contributed by atoms with Crippen LogP contribution in [0.5, 0.6) is 0 Å². The molecule has 0 atom stereocenters. The van der Waals surface area contributed by atoms with Gasteiger partial charge in [-0.3, -0.25) is 9.59 Å². The standard InChI is InChI=1S/C24H27NO3/c1-23(2,3)28-22(27)24(14-6-7-15-24)18-10-12-19(13-11-18)25-16-17-8-4-5-9-20(17)21(25)26/h4-5,8-13H,6-7,14-16H2,1-3H3. The molecule has 0 bridgehead atoms. The fourth-order valence-electron chi connectivity index (χ4n) is 4.39. The normalized spacial score (nSPS) is 18.2. The molecule has 2 aromatic carbocycles. The second-order valence-corrected chi connectivity index (χ2v) is 8.89. The molecule has 0 unspecified atom stereocenters. The van der Waals surface area contributed by atoms with E-state index in [2.05, 4.69) is 0 Å². The molecular weight excluding hydrogens is 350 g/mol. The second kappa shape index (κ2) is 6.77. The number of hydrogen-bond acceptors (Lipinski definition) is 3. The van der Waals surface area contributed by atoms with Crippen molar-refractivity contribution in [3.05, 3.63) is 65.2 Å². The minimum Gasteiger partial charge on any atom is -0.459 e. The summed E-state index contributed by atoms with van der Waals surface area (Å²) in [5.41, 5.74) is 2.61. The first-order chi connectivity index (χ1) is 13.3. The largest absolute Gasteiger partial charge is 0.459 e. The molecule has 2 aliphatic rings. The van der Waals surface area contributed by atoms with E-state index in [1.165, 1.54) is 0 Å². The maximum Gasteiger partial charge on any atom is 0.317 e. The van der Waals surface area contributed by atoms with Crippen LogP contribution in [-0.4, -0.2) is 17.5 Å². The monoisotopic (exact) mass is 377 g/mol. The molecule has 4 nitrogen and oxygen atoms in total. The highest BCUT2D eigenvalue weighted by molar-refractivity contribution is 6.10. The van der Waals surface area contributed by atoms with E-state index in [1.807, 2.05) is 69.3 Å². The summed E-state index contributed by atoms with van der Waals surface area (Å²) in [5, 5.41) is 0. The molecular formula is C24H27NO3. The number of rotatable bonds is 3. The summed E-state index contributed by atoms with van der Waals surface area (Å²) in [6.07, 6.45) is 3.69. The smallest absolute Gasteiger partial charge is 0.317 e. The van der Waals surface area contributed by atoms with Gasteiger partial charge in [-0.2, -0.15) is 0 Å². The average molecular weight is 377 g/mol. The van der Waals surface area contributed by atoms with Gasteiger partial charge in [-0.15, -0.1) is 0 Å². The molecule has 0 N–H and O–H groups in total. The van der Waals surface area contributed by atoms with Gasteiger partial charge in [0.25, 0.3) is 5.91 Å². The maximum absolute atomic E-state index is 13.0. The Kier molecular flexibility index (Phi) is 4.53. The third-order valence-corrected chi connectivity index (χ3v) is 5.80. The molecule has 28 heavy (non-hydrogen) atoms. The minimum absolute atomic E-state index is 0.0334. The van der Waals surface area contributed by atoms with Gasteiger partial charge in [0.15, 0.2) is 0 Å². The van der Waals surface area contributed by atoms with Gasteiger partial charge >= 0.3 is 5.97 Å². The SMILES string of the molecule is CC(C)(C)OC(=O)C1(c2ccc(N3Cc4ccccc4C3=O)cc2)CCCC1. The number of ether oxygens (including phenoxy) is 1. The van der Waals surface area contributed by atoms with Gasteiger partial charge in [0, 0.05) is 11.3 Å². The van der Waals surface area contributed by atoms with E-state index in [4.69, 9.17) is 4.74 Å². The number of carbonyl (C=O) groups is 2. The van der Waals surface area contributed by atoms with E-state index < -0.39 is 11.0 Å².